The average Bonchev–Trinajstić information content (AvgIpc) is 2.76. The van der Waals surface area contributed by atoms with Crippen LogP contribution < -0.4 is 15.2 Å². The molecule has 2 N–H and O–H groups in total. The number of nitrogens with two attached hydrogens (primary N) is 1. The SMILES string of the molecule is [2H]C1([2H])c2cc3c(cc2C([2H])([2H])C1([2H])N)OCO3. The Labute approximate surface area is 83.5 Å². The molecule has 3 rings (SSSR count). The molecule has 1 aromatic rings. The third-order valence-electron chi connectivity index (χ3n) is 2.05. The van der Waals surface area contributed by atoms with Crippen molar-refractivity contribution in [3.05, 3.63) is 23.3 Å². The molecular weight excluding hydrogens is 166 g/mol. The molecule has 1 heterocycles. The number of fused-ring (bicyclic) bond motifs is 2. The van der Waals surface area contributed by atoms with Crippen LogP contribution >= 0.6 is 0 Å². The Kier molecular flexibility index (Phi) is 0.713. The van der Waals surface area contributed by atoms with Gasteiger partial charge in [0.1, 0.15) is 0 Å². The summed E-state index contributed by atoms with van der Waals surface area (Å²) < 4.78 is 49.7. The molecule has 0 spiro atoms. The van der Waals surface area contributed by atoms with Crippen molar-refractivity contribution in [2.24, 2.45) is 5.73 Å². The third-order valence-corrected chi connectivity index (χ3v) is 2.05. The molecule has 0 bridgehead atoms. The fraction of sp³-hybridized carbons (Fsp3) is 0.400. The lowest BCUT2D eigenvalue weighted by Crippen LogP contribution is -2.19. The molecule has 1 aliphatic heterocycles. The molecule has 0 unspecified atom stereocenters. The minimum absolute atomic E-state index is 0.0267. The second-order valence-corrected chi connectivity index (χ2v) is 2.91. The maximum atomic E-state index is 7.91. The Morgan fingerprint density at radius 2 is 1.85 bits per heavy atom. The van der Waals surface area contributed by atoms with Crippen LogP contribution in [0, 0.1) is 0 Å². The predicted octanol–water partition coefficient (Wildman–Crippen LogP) is 0.841. The molecule has 1 aliphatic carbocycles. The molecule has 2 aliphatic rings. The van der Waals surface area contributed by atoms with E-state index in [-0.39, 0.29) is 17.9 Å². The molecule has 3 nitrogen and oxygen atoms in total. The summed E-state index contributed by atoms with van der Waals surface area (Å²) in [5.41, 5.74) is 5.68. The number of ether oxygens (including phenoxy) is 2. The van der Waals surface area contributed by atoms with Crippen LogP contribution in [-0.2, 0) is 12.7 Å². The smallest absolute Gasteiger partial charge is 0.231 e. The molecule has 0 radical (unpaired) electrons. The summed E-state index contributed by atoms with van der Waals surface area (Å²) >= 11 is 0. The van der Waals surface area contributed by atoms with Crippen molar-refractivity contribution in [2.75, 3.05) is 6.79 Å². The molecule has 0 amide bonds. The second kappa shape index (κ2) is 2.39. The zero-order valence-corrected chi connectivity index (χ0v) is 6.76. The van der Waals surface area contributed by atoms with Crippen LogP contribution in [0.15, 0.2) is 12.1 Å². The van der Waals surface area contributed by atoms with Gasteiger partial charge < -0.3 is 15.2 Å². The van der Waals surface area contributed by atoms with E-state index in [1.54, 1.807) is 0 Å². The Morgan fingerprint density at radius 3 is 2.38 bits per heavy atom. The van der Waals surface area contributed by atoms with Crippen molar-refractivity contribution in [1.82, 2.24) is 0 Å². The molecule has 0 aromatic heterocycles. The van der Waals surface area contributed by atoms with Gasteiger partial charge in [-0.1, -0.05) is 0 Å². The Hall–Kier alpha value is -1.22. The number of benzene rings is 1. The summed E-state index contributed by atoms with van der Waals surface area (Å²) in [7, 11) is 0. The zero-order chi connectivity index (χ0) is 13.3. The highest BCUT2D eigenvalue weighted by atomic mass is 16.7. The number of hydrogen-bond donors (Lipinski definition) is 1. The highest BCUT2D eigenvalue weighted by Gasteiger charge is 2.23. The van der Waals surface area contributed by atoms with Crippen molar-refractivity contribution in [1.29, 1.82) is 0 Å². The van der Waals surface area contributed by atoms with Crippen molar-refractivity contribution >= 4 is 0 Å². The van der Waals surface area contributed by atoms with Gasteiger partial charge in [0.25, 0.3) is 0 Å². The summed E-state index contributed by atoms with van der Waals surface area (Å²) in [5, 5.41) is 0. The molecule has 68 valence electrons. The van der Waals surface area contributed by atoms with Crippen molar-refractivity contribution < 1.29 is 16.3 Å². The van der Waals surface area contributed by atoms with E-state index >= 15 is 0 Å². The quantitative estimate of drug-likeness (QED) is 0.646. The van der Waals surface area contributed by atoms with E-state index in [0.717, 1.165) is 0 Å². The minimum atomic E-state index is -2.39. The van der Waals surface area contributed by atoms with Crippen molar-refractivity contribution in [3.8, 4) is 11.5 Å². The molecule has 0 atom stereocenters. The maximum absolute atomic E-state index is 7.91. The van der Waals surface area contributed by atoms with Gasteiger partial charge in [-0.15, -0.1) is 0 Å². The zero-order valence-electron chi connectivity index (χ0n) is 11.8. The van der Waals surface area contributed by atoms with Crippen molar-refractivity contribution in [3.63, 3.8) is 0 Å². The van der Waals surface area contributed by atoms with Crippen LogP contribution in [0.4, 0.5) is 0 Å². The molecular formula is C10H11NO2. The first-order valence-corrected chi connectivity index (χ1v) is 3.93. The van der Waals surface area contributed by atoms with Gasteiger partial charge >= 0.3 is 0 Å². The summed E-state index contributed by atoms with van der Waals surface area (Å²) in [4.78, 5) is 0. The van der Waals surface area contributed by atoms with Gasteiger partial charge in [-0.05, 0) is 36.0 Å². The Morgan fingerprint density at radius 1 is 1.31 bits per heavy atom. The molecule has 0 fully saturated rings. The van der Waals surface area contributed by atoms with Gasteiger partial charge in [-0.2, -0.15) is 0 Å². The third kappa shape index (κ3) is 1.00. The lowest BCUT2D eigenvalue weighted by molar-refractivity contribution is 0.174. The van der Waals surface area contributed by atoms with Crippen molar-refractivity contribution in [2.45, 2.75) is 18.8 Å². The predicted molar refractivity (Wildman–Crippen MR) is 47.9 cm³/mol. The Balaban J connectivity index is 2.31. The van der Waals surface area contributed by atoms with Gasteiger partial charge in [0.05, 0.1) is 0 Å². The largest absolute Gasteiger partial charge is 0.454 e. The van der Waals surface area contributed by atoms with Gasteiger partial charge in [0.15, 0.2) is 11.5 Å². The first kappa shape index (κ1) is 3.88. The topological polar surface area (TPSA) is 44.5 Å². The van der Waals surface area contributed by atoms with E-state index < -0.39 is 18.8 Å². The minimum Gasteiger partial charge on any atom is -0.454 e. The first-order valence-electron chi connectivity index (χ1n) is 6.43. The second-order valence-electron chi connectivity index (χ2n) is 2.91. The fourth-order valence-electron chi connectivity index (χ4n) is 1.47. The normalized spacial score (nSPS) is 35.0. The van der Waals surface area contributed by atoms with E-state index in [1.807, 2.05) is 0 Å². The van der Waals surface area contributed by atoms with E-state index in [4.69, 9.17) is 22.1 Å². The van der Waals surface area contributed by atoms with E-state index in [9.17, 15) is 0 Å². The molecule has 0 saturated carbocycles. The van der Waals surface area contributed by atoms with Gasteiger partial charge in [-0.3, -0.25) is 0 Å². The van der Waals surface area contributed by atoms with Crippen LogP contribution in [0.5, 0.6) is 11.5 Å². The summed E-state index contributed by atoms with van der Waals surface area (Å²) in [6, 6.07) is 0.356. The molecule has 1 aromatic carbocycles. The van der Waals surface area contributed by atoms with Crippen LogP contribution in [-0.4, -0.2) is 12.8 Å². The number of hydrogen-bond acceptors (Lipinski definition) is 3. The van der Waals surface area contributed by atoms with E-state index in [0.29, 0.717) is 11.5 Å². The van der Waals surface area contributed by atoms with Gasteiger partial charge in [0.2, 0.25) is 6.79 Å². The lowest BCUT2D eigenvalue weighted by Gasteiger charge is -2.00. The van der Waals surface area contributed by atoms with Gasteiger partial charge in [0, 0.05) is 12.9 Å². The van der Waals surface area contributed by atoms with Crippen LogP contribution in [0.3, 0.4) is 0 Å². The standard InChI is InChI=1S/C10H11NO2/c11-8-1-6-3-9-10(13-5-12-9)4-7(6)2-8/h3-4,8H,1-2,5,11H2/i1D2,2D2,8D. The van der Waals surface area contributed by atoms with E-state index in [1.165, 1.54) is 12.1 Å². The Bertz CT molecular complexity index is 498. The maximum Gasteiger partial charge on any atom is 0.231 e. The summed E-state index contributed by atoms with van der Waals surface area (Å²) in [6.07, 6.45) is -4.60. The molecule has 13 heavy (non-hydrogen) atoms. The summed E-state index contributed by atoms with van der Waals surface area (Å²) in [5.74, 6) is 0.706. The van der Waals surface area contributed by atoms with Crippen LogP contribution in [0.25, 0.3) is 0 Å². The van der Waals surface area contributed by atoms with E-state index in [2.05, 4.69) is 0 Å². The number of rotatable bonds is 0. The van der Waals surface area contributed by atoms with Crippen LogP contribution in [0.2, 0.25) is 0 Å². The van der Waals surface area contributed by atoms with Crippen LogP contribution in [0.1, 0.15) is 18.0 Å². The highest BCUT2D eigenvalue weighted by molar-refractivity contribution is 5.50. The monoisotopic (exact) mass is 182 g/mol. The fourth-order valence-corrected chi connectivity index (χ4v) is 1.47. The molecule has 3 heteroatoms. The average molecular weight is 182 g/mol. The highest BCUT2D eigenvalue weighted by Crippen LogP contribution is 2.37. The first-order chi connectivity index (χ1) is 8.19. The van der Waals surface area contributed by atoms with Gasteiger partial charge in [-0.25, -0.2) is 0 Å². The summed E-state index contributed by atoms with van der Waals surface area (Å²) in [6.45, 7) is 0.0267. The lowest BCUT2D eigenvalue weighted by atomic mass is 10.1. The molecule has 0 saturated heterocycles.